The molecule has 1 aliphatic carbocycles. The topological polar surface area (TPSA) is 101 Å². The lowest BCUT2D eigenvalue weighted by molar-refractivity contribution is -0.140. The normalized spacial score (nSPS) is 19.8. The van der Waals surface area contributed by atoms with E-state index < -0.39 is 36.3 Å². The minimum absolute atomic E-state index is 0.0421. The van der Waals surface area contributed by atoms with E-state index in [1.54, 1.807) is 0 Å². The Morgan fingerprint density at radius 1 is 1.13 bits per heavy atom. The van der Waals surface area contributed by atoms with E-state index in [1.807, 2.05) is 11.8 Å². The maximum Gasteiger partial charge on any atom is 0.406 e. The Morgan fingerprint density at radius 3 is 2.51 bits per heavy atom. The fourth-order valence-electron chi connectivity index (χ4n) is 6.04. The van der Waals surface area contributed by atoms with Gasteiger partial charge in [-0.05, 0) is 30.5 Å². The number of ether oxygens (including phenoxy) is 1. The van der Waals surface area contributed by atoms with Gasteiger partial charge in [0.2, 0.25) is 0 Å². The van der Waals surface area contributed by atoms with Gasteiger partial charge in [0, 0.05) is 56.7 Å². The Labute approximate surface area is 267 Å². The average molecular weight is 665 g/mol. The number of likely N-dealkylation sites (tertiary alicyclic amines) is 1. The summed E-state index contributed by atoms with van der Waals surface area (Å²) in [6.45, 7) is 1.62. The fourth-order valence-corrected chi connectivity index (χ4v) is 6.04. The second kappa shape index (κ2) is 13.3. The van der Waals surface area contributed by atoms with Gasteiger partial charge in [-0.15, -0.1) is 0 Å². The van der Waals surface area contributed by atoms with Crippen molar-refractivity contribution in [1.82, 2.24) is 25.1 Å². The fraction of sp³-hybridized carbons (Fsp3) is 0.469. The van der Waals surface area contributed by atoms with Crippen molar-refractivity contribution in [3.05, 3.63) is 53.1 Å². The Bertz CT molecular complexity index is 1720. The molecule has 2 atom stereocenters. The van der Waals surface area contributed by atoms with Gasteiger partial charge in [-0.25, -0.2) is 18.2 Å². The highest BCUT2D eigenvalue weighted by molar-refractivity contribution is 6.05. The Balaban J connectivity index is 1.35. The van der Waals surface area contributed by atoms with Crippen LogP contribution in [-0.2, 0) is 6.54 Å². The number of halogens is 6. The standard InChI is InChI=1S/C32H34F6N6O3/c1-18-15-43(20-13-31(34,35)14-20)8-6-24(18)42-30(46)22-9-19(10-26-28(22)41-17-44(26)16-32(36,37)38)5-4-7-40-25-12-23(33)21(29(45)39-2)11-27(25)47-3/h9-12,17-18,20,24,40H,6-8,13-16H2,1-3H3,(H,39,45)(H,42,46)/t18-,24-/m0/s1. The average Bonchev–Trinajstić information content (AvgIpc) is 3.39. The second-order valence-corrected chi connectivity index (χ2v) is 11.9. The third-order valence-electron chi connectivity index (χ3n) is 8.52. The molecule has 1 aromatic heterocycles. The minimum atomic E-state index is -4.54. The van der Waals surface area contributed by atoms with E-state index in [1.165, 1.54) is 32.4 Å². The van der Waals surface area contributed by atoms with Gasteiger partial charge < -0.3 is 25.3 Å². The molecule has 3 N–H and O–H groups in total. The van der Waals surface area contributed by atoms with Crippen LogP contribution in [0, 0.1) is 23.6 Å². The monoisotopic (exact) mass is 664 g/mol. The number of methoxy groups -OCH3 is 1. The van der Waals surface area contributed by atoms with Crippen LogP contribution in [0.4, 0.5) is 32.0 Å². The maximum absolute atomic E-state index is 14.5. The van der Waals surface area contributed by atoms with Gasteiger partial charge in [0.25, 0.3) is 17.7 Å². The van der Waals surface area contributed by atoms with Crippen molar-refractivity contribution in [3.8, 4) is 17.6 Å². The molecule has 15 heteroatoms. The number of hydrogen-bond acceptors (Lipinski definition) is 6. The summed E-state index contributed by atoms with van der Waals surface area (Å²) < 4.78 is 87.5. The molecule has 0 bridgehead atoms. The molecular weight excluding hydrogens is 630 g/mol. The zero-order chi connectivity index (χ0) is 34.1. The largest absolute Gasteiger partial charge is 0.495 e. The lowest BCUT2D eigenvalue weighted by Crippen LogP contribution is -2.57. The Hall–Kier alpha value is -4.45. The van der Waals surface area contributed by atoms with Crippen LogP contribution < -0.4 is 20.7 Å². The third-order valence-corrected chi connectivity index (χ3v) is 8.52. The molecular formula is C32H34F6N6O3. The smallest absolute Gasteiger partial charge is 0.406 e. The Morgan fingerprint density at radius 2 is 1.87 bits per heavy atom. The molecule has 47 heavy (non-hydrogen) atoms. The molecule has 5 rings (SSSR count). The van der Waals surface area contributed by atoms with Crippen molar-refractivity contribution in [3.63, 3.8) is 0 Å². The molecule has 2 fully saturated rings. The van der Waals surface area contributed by atoms with Crippen molar-refractivity contribution >= 4 is 28.5 Å². The number of nitrogens with one attached hydrogen (secondary N) is 3. The molecule has 1 saturated carbocycles. The molecule has 9 nitrogen and oxygen atoms in total. The van der Waals surface area contributed by atoms with Crippen LogP contribution in [0.5, 0.6) is 5.75 Å². The number of aromatic nitrogens is 2. The lowest BCUT2D eigenvalue weighted by atomic mass is 9.83. The first-order valence-corrected chi connectivity index (χ1v) is 15.0. The van der Waals surface area contributed by atoms with Gasteiger partial charge in [-0.3, -0.25) is 14.5 Å². The SMILES string of the molecule is CNC(=O)c1cc(OC)c(NCC#Cc2cc(C(=O)N[C@H]3CCN(C4CC(F)(F)C4)C[C@@H]3C)c3ncn(CC(F)(F)F)c3c2)cc1F. The van der Waals surface area contributed by atoms with E-state index >= 15 is 0 Å². The summed E-state index contributed by atoms with van der Waals surface area (Å²) in [7, 11) is 2.72. The highest BCUT2D eigenvalue weighted by Crippen LogP contribution is 2.41. The quantitative estimate of drug-likeness (QED) is 0.236. The first-order valence-electron chi connectivity index (χ1n) is 15.0. The highest BCUT2D eigenvalue weighted by Gasteiger charge is 2.48. The van der Waals surface area contributed by atoms with Crippen LogP contribution >= 0.6 is 0 Å². The summed E-state index contributed by atoms with van der Waals surface area (Å²) >= 11 is 0. The molecule has 2 aliphatic rings. The molecule has 2 amide bonds. The summed E-state index contributed by atoms with van der Waals surface area (Å²) in [6.07, 6.45) is -3.34. The van der Waals surface area contributed by atoms with Gasteiger partial charge in [-0.2, -0.15) is 13.2 Å². The second-order valence-electron chi connectivity index (χ2n) is 11.9. The van der Waals surface area contributed by atoms with Crippen LogP contribution in [0.1, 0.15) is 52.5 Å². The number of piperidine rings is 1. The first kappa shape index (κ1) is 33.9. The first-order chi connectivity index (χ1) is 22.2. The minimum Gasteiger partial charge on any atom is -0.495 e. The molecule has 0 radical (unpaired) electrons. The zero-order valence-electron chi connectivity index (χ0n) is 25.9. The highest BCUT2D eigenvalue weighted by atomic mass is 19.4. The summed E-state index contributed by atoms with van der Waals surface area (Å²) in [4.78, 5) is 31.6. The molecule has 2 heterocycles. The predicted octanol–water partition coefficient (Wildman–Crippen LogP) is 4.81. The predicted molar refractivity (Wildman–Crippen MR) is 162 cm³/mol. The Kier molecular flexibility index (Phi) is 9.63. The van der Waals surface area contributed by atoms with Crippen LogP contribution in [0.3, 0.4) is 0 Å². The summed E-state index contributed by atoms with van der Waals surface area (Å²) in [5, 5.41) is 8.21. The van der Waals surface area contributed by atoms with Gasteiger partial charge in [0.1, 0.15) is 23.6 Å². The molecule has 252 valence electrons. The zero-order valence-corrected chi connectivity index (χ0v) is 25.9. The number of alkyl halides is 5. The van der Waals surface area contributed by atoms with E-state index in [4.69, 9.17) is 4.74 Å². The number of amides is 2. The number of imidazole rings is 1. The molecule has 0 spiro atoms. The van der Waals surface area contributed by atoms with E-state index in [-0.39, 0.29) is 76.5 Å². The molecule has 0 unspecified atom stereocenters. The van der Waals surface area contributed by atoms with Crippen molar-refractivity contribution in [2.75, 3.05) is 39.1 Å². The van der Waals surface area contributed by atoms with Crippen molar-refractivity contribution in [2.45, 2.75) is 56.9 Å². The number of nitrogens with zero attached hydrogens (tertiary/aromatic N) is 3. The number of benzene rings is 2. The van der Waals surface area contributed by atoms with Gasteiger partial charge >= 0.3 is 6.18 Å². The van der Waals surface area contributed by atoms with Crippen LogP contribution in [0.15, 0.2) is 30.6 Å². The van der Waals surface area contributed by atoms with Gasteiger partial charge in [0.15, 0.2) is 0 Å². The lowest BCUT2D eigenvalue weighted by Gasteiger charge is -2.47. The van der Waals surface area contributed by atoms with Crippen molar-refractivity contribution in [2.24, 2.45) is 5.92 Å². The van der Waals surface area contributed by atoms with Crippen LogP contribution in [-0.4, -0.2) is 84.2 Å². The van der Waals surface area contributed by atoms with E-state index in [2.05, 4.69) is 32.8 Å². The van der Waals surface area contributed by atoms with E-state index in [0.717, 1.165) is 17.0 Å². The number of hydrogen-bond donors (Lipinski definition) is 3. The molecule has 3 aromatic rings. The third kappa shape index (κ3) is 7.75. The van der Waals surface area contributed by atoms with Crippen molar-refractivity contribution < 1.29 is 40.7 Å². The van der Waals surface area contributed by atoms with Gasteiger partial charge in [-0.1, -0.05) is 18.8 Å². The summed E-state index contributed by atoms with van der Waals surface area (Å²) in [5.41, 5.74) is 0.441. The number of carbonyl (C=O) groups is 2. The molecule has 1 saturated heterocycles. The number of rotatable bonds is 8. The van der Waals surface area contributed by atoms with E-state index in [9.17, 15) is 35.9 Å². The summed E-state index contributed by atoms with van der Waals surface area (Å²) in [5.74, 6) is 1.21. The number of carbonyl (C=O) groups excluding carboxylic acids is 2. The van der Waals surface area contributed by atoms with E-state index in [0.29, 0.717) is 19.5 Å². The molecule has 2 aromatic carbocycles. The van der Waals surface area contributed by atoms with Crippen LogP contribution in [0.25, 0.3) is 11.0 Å². The molecule has 1 aliphatic heterocycles. The number of fused-ring (bicyclic) bond motifs is 1. The summed E-state index contributed by atoms with van der Waals surface area (Å²) in [6, 6.07) is 4.71. The van der Waals surface area contributed by atoms with Crippen molar-refractivity contribution in [1.29, 1.82) is 0 Å². The maximum atomic E-state index is 14.5. The van der Waals surface area contributed by atoms with Crippen LogP contribution in [0.2, 0.25) is 0 Å². The number of anilines is 1. The van der Waals surface area contributed by atoms with Gasteiger partial charge in [0.05, 0.1) is 42.3 Å².